The lowest BCUT2D eigenvalue weighted by atomic mass is 10.1. The van der Waals surface area contributed by atoms with Gasteiger partial charge >= 0.3 is 0 Å². The van der Waals surface area contributed by atoms with Crippen LogP contribution in [0.25, 0.3) is 11.0 Å². The van der Waals surface area contributed by atoms with Crippen molar-refractivity contribution in [2.24, 2.45) is 4.99 Å². The van der Waals surface area contributed by atoms with Crippen LogP contribution in [-0.2, 0) is 16.0 Å². The van der Waals surface area contributed by atoms with Crippen molar-refractivity contribution in [3.05, 3.63) is 18.0 Å². The van der Waals surface area contributed by atoms with Gasteiger partial charge in [0.15, 0.2) is 5.65 Å². The molecule has 1 unspecified atom stereocenters. The molecule has 1 N–H and O–H groups in total. The summed E-state index contributed by atoms with van der Waals surface area (Å²) in [6.45, 7) is 7.13. The van der Waals surface area contributed by atoms with Crippen molar-refractivity contribution >= 4 is 22.6 Å². The number of fused-ring (bicyclic) bond motifs is 1. The van der Waals surface area contributed by atoms with Gasteiger partial charge in [-0.1, -0.05) is 0 Å². The molecule has 0 spiro atoms. The Bertz CT molecular complexity index is 764. The van der Waals surface area contributed by atoms with E-state index in [-0.39, 0.29) is 6.04 Å². The average molecular weight is 329 g/mol. The normalized spacial score (nSPS) is 21.8. The second-order valence-electron chi connectivity index (χ2n) is 6.37. The van der Waals surface area contributed by atoms with Crippen LogP contribution in [0.5, 0.6) is 0 Å². The molecular weight excluding hydrogens is 306 g/mol. The first-order valence-corrected chi connectivity index (χ1v) is 8.66. The molecule has 0 amide bonds. The van der Waals surface area contributed by atoms with Crippen LogP contribution in [0.1, 0.15) is 32.3 Å². The number of aliphatic imine (C=N–C) groups is 1. The molecule has 7 heteroatoms. The Morgan fingerprint density at radius 1 is 1.29 bits per heavy atom. The molecule has 128 valence electrons. The first-order valence-electron chi connectivity index (χ1n) is 8.66. The van der Waals surface area contributed by atoms with E-state index in [9.17, 15) is 0 Å². The zero-order chi connectivity index (χ0) is 16.5. The zero-order valence-corrected chi connectivity index (χ0v) is 14.2. The highest BCUT2D eigenvalue weighted by atomic mass is 16.5. The van der Waals surface area contributed by atoms with E-state index in [1.54, 1.807) is 0 Å². The monoisotopic (exact) mass is 329 g/mol. The minimum Gasteiger partial charge on any atom is -0.475 e. The molecule has 0 bridgehead atoms. The summed E-state index contributed by atoms with van der Waals surface area (Å²) >= 11 is 0. The molecule has 2 aliphatic rings. The molecule has 0 aromatic carbocycles. The maximum Gasteiger partial charge on any atom is 0.220 e. The van der Waals surface area contributed by atoms with Gasteiger partial charge in [-0.25, -0.2) is 14.7 Å². The lowest BCUT2D eigenvalue weighted by Crippen LogP contribution is -2.28. The fourth-order valence-electron chi connectivity index (χ4n) is 3.24. The maximum atomic E-state index is 5.78. The third-order valence-corrected chi connectivity index (χ3v) is 4.56. The van der Waals surface area contributed by atoms with E-state index < -0.39 is 0 Å². The summed E-state index contributed by atoms with van der Waals surface area (Å²) in [7, 11) is 0. The zero-order valence-electron chi connectivity index (χ0n) is 14.2. The largest absolute Gasteiger partial charge is 0.475 e. The Morgan fingerprint density at radius 2 is 2.12 bits per heavy atom. The van der Waals surface area contributed by atoms with Gasteiger partial charge in [-0.15, -0.1) is 0 Å². The van der Waals surface area contributed by atoms with E-state index in [0.29, 0.717) is 18.5 Å². The first kappa shape index (κ1) is 15.4. The fourth-order valence-corrected chi connectivity index (χ4v) is 3.24. The number of rotatable bonds is 4. The average Bonchev–Trinajstić information content (AvgIpc) is 3.22. The third kappa shape index (κ3) is 2.73. The summed E-state index contributed by atoms with van der Waals surface area (Å²) in [4.78, 5) is 9.22. The fraction of sp³-hybridized carbons (Fsp3) is 0.588. The highest BCUT2D eigenvalue weighted by Crippen LogP contribution is 2.30. The summed E-state index contributed by atoms with van der Waals surface area (Å²) in [5, 5.41) is 9.17. The van der Waals surface area contributed by atoms with Crippen molar-refractivity contribution in [2.45, 2.75) is 45.3 Å². The molecule has 1 atom stereocenters. The second-order valence-corrected chi connectivity index (χ2v) is 6.37. The number of nitrogens with zero attached hydrogens (tertiary/aromatic N) is 4. The molecule has 1 saturated heterocycles. The maximum absolute atomic E-state index is 5.78. The second kappa shape index (κ2) is 6.39. The molecule has 7 nitrogen and oxygen atoms in total. The highest BCUT2D eigenvalue weighted by Gasteiger charge is 2.24. The van der Waals surface area contributed by atoms with Crippen molar-refractivity contribution in [3.8, 4) is 0 Å². The number of pyridine rings is 1. The van der Waals surface area contributed by atoms with Crippen LogP contribution in [0.4, 0.5) is 5.69 Å². The van der Waals surface area contributed by atoms with E-state index in [1.807, 2.05) is 17.1 Å². The van der Waals surface area contributed by atoms with Crippen molar-refractivity contribution in [3.63, 3.8) is 0 Å². The minimum atomic E-state index is 0.185. The highest BCUT2D eigenvalue weighted by molar-refractivity contribution is 6.07. The molecule has 4 heterocycles. The molecule has 24 heavy (non-hydrogen) atoms. The van der Waals surface area contributed by atoms with Gasteiger partial charge in [0.2, 0.25) is 5.90 Å². The number of aromatic nitrogens is 3. The molecule has 2 aliphatic heterocycles. The Balaban J connectivity index is 1.78. The van der Waals surface area contributed by atoms with Gasteiger partial charge in [0.05, 0.1) is 28.9 Å². The van der Waals surface area contributed by atoms with Gasteiger partial charge in [0.25, 0.3) is 0 Å². The van der Waals surface area contributed by atoms with Gasteiger partial charge in [-0.05, 0) is 26.7 Å². The van der Waals surface area contributed by atoms with Crippen LogP contribution >= 0.6 is 0 Å². The van der Waals surface area contributed by atoms with Crippen LogP contribution in [0.3, 0.4) is 0 Å². The Labute approximate surface area is 141 Å². The van der Waals surface area contributed by atoms with Crippen LogP contribution in [-0.4, -0.2) is 52.6 Å². The van der Waals surface area contributed by atoms with E-state index >= 15 is 0 Å². The molecule has 0 radical (unpaired) electrons. The van der Waals surface area contributed by atoms with Gasteiger partial charge in [0.1, 0.15) is 6.61 Å². The van der Waals surface area contributed by atoms with Gasteiger partial charge in [-0.2, -0.15) is 5.10 Å². The van der Waals surface area contributed by atoms with Crippen molar-refractivity contribution < 1.29 is 9.47 Å². The molecule has 0 aliphatic carbocycles. The third-order valence-electron chi connectivity index (χ3n) is 4.56. The predicted octanol–water partition coefficient (Wildman–Crippen LogP) is 2.21. The predicted molar refractivity (Wildman–Crippen MR) is 92.6 cm³/mol. The summed E-state index contributed by atoms with van der Waals surface area (Å²) in [6.07, 6.45) is 5.73. The van der Waals surface area contributed by atoms with Crippen molar-refractivity contribution in [1.82, 2.24) is 14.8 Å². The number of ether oxygens (including phenoxy) is 2. The lowest BCUT2D eigenvalue weighted by Gasteiger charge is -2.25. The molecule has 2 aromatic rings. The Hall–Kier alpha value is -2.15. The van der Waals surface area contributed by atoms with E-state index in [2.05, 4.69) is 34.2 Å². The Morgan fingerprint density at radius 3 is 2.83 bits per heavy atom. The van der Waals surface area contributed by atoms with Crippen LogP contribution in [0.2, 0.25) is 0 Å². The summed E-state index contributed by atoms with van der Waals surface area (Å²) in [6, 6.07) is 0.567. The lowest BCUT2D eigenvalue weighted by molar-refractivity contribution is 0.0905. The Kier molecular flexibility index (Phi) is 4.10. The molecule has 0 saturated carbocycles. The molecule has 1 fully saturated rings. The minimum absolute atomic E-state index is 0.185. The van der Waals surface area contributed by atoms with E-state index in [0.717, 1.165) is 54.9 Å². The van der Waals surface area contributed by atoms with Crippen LogP contribution in [0, 0.1) is 0 Å². The molecular formula is C17H23N5O2. The van der Waals surface area contributed by atoms with Gasteiger partial charge in [0, 0.05) is 32.0 Å². The van der Waals surface area contributed by atoms with E-state index in [4.69, 9.17) is 9.47 Å². The SMILES string of the molecule is CCn1ncc2c(NC3CCOCC3)c(C3=NC(C)CO3)cnc21. The van der Waals surface area contributed by atoms with E-state index in [1.165, 1.54) is 0 Å². The summed E-state index contributed by atoms with van der Waals surface area (Å²) < 4.78 is 13.2. The summed E-state index contributed by atoms with van der Waals surface area (Å²) in [5.41, 5.74) is 2.84. The number of aryl methyl sites for hydroxylation is 1. The molecule has 2 aromatic heterocycles. The molecule has 4 rings (SSSR count). The van der Waals surface area contributed by atoms with Gasteiger partial charge in [-0.3, -0.25) is 0 Å². The van der Waals surface area contributed by atoms with Crippen LogP contribution in [0.15, 0.2) is 17.4 Å². The van der Waals surface area contributed by atoms with Crippen molar-refractivity contribution in [1.29, 1.82) is 0 Å². The van der Waals surface area contributed by atoms with Gasteiger partial charge < -0.3 is 14.8 Å². The van der Waals surface area contributed by atoms with Crippen LogP contribution < -0.4 is 5.32 Å². The first-order chi connectivity index (χ1) is 11.8. The number of hydrogen-bond donors (Lipinski definition) is 1. The number of nitrogens with one attached hydrogen (secondary N) is 1. The topological polar surface area (TPSA) is 73.6 Å². The van der Waals surface area contributed by atoms with Crippen molar-refractivity contribution in [2.75, 3.05) is 25.1 Å². The summed E-state index contributed by atoms with van der Waals surface area (Å²) in [5.74, 6) is 0.677. The number of hydrogen-bond acceptors (Lipinski definition) is 6. The standard InChI is InChI=1S/C17H23N5O2/c1-3-22-16-13(9-19-22)15(21-12-4-6-23-7-5-12)14(8-18-16)17-20-11(2)10-24-17/h8-9,11-12H,3-7,10H2,1-2H3,(H,18,21). The number of anilines is 1. The quantitative estimate of drug-likeness (QED) is 0.931. The smallest absolute Gasteiger partial charge is 0.220 e.